The fourth-order valence-corrected chi connectivity index (χ4v) is 3.42. The topological polar surface area (TPSA) is 101 Å². The van der Waals surface area contributed by atoms with Gasteiger partial charge < -0.3 is 10.5 Å². The van der Waals surface area contributed by atoms with E-state index < -0.39 is 0 Å². The number of methoxy groups -OCH3 is 1. The maximum Gasteiger partial charge on any atom is 0.331 e. The molecule has 0 spiro atoms. The van der Waals surface area contributed by atoms with Crippen molar-refractivity contribution in [3.8, 4) is 5.75 Å². The number of nitrogen functional groups attached to an aromatic ring is 1. The summed E-state index contributed by atoms with van der Waals surface area (Å²) in [6.45, 7) is 8.34. The van der Waals surface area contributed by atoms with Gasteiger partial charge in [0.15, 0.2) is 10.8 Å². The van der Waals surface area contributed by atoms with Crippen molar-refractivity contribution in [3.05, 3.63) is 50.3 Å². The highest BCUT2D eigenvalue weighted by molar-refractivity contribution is 6.33. The molecule has 2 N–H and O–H groups in total. The second-order valence-electron chi connectivity index (χ2n) is 6.85. The highest BCUT2D eigenvalue weighted by atomic mass is 35.5. The lowest BCUT2D eigenvalue weighted by atomic mass is 10.1. The number of allylic oxidation sites excluding steroid dienone is 2. The number of hydrogen-bond donors (Lipinski definition) is 1. The van der Waals surface area contributed by atoms with Crippen molar-refractivity contribution < 1.29 is 4.74 Å². The van der Waals surface area contributed by atoms with E-state index >= 15 is 0 Å². The Morgan fingerprint density at radius 1 is 1.29 bits per heavy atom. The summed E-state index contributed by atoms with van der Waals surface area (Å²) >= 11 is 6.31. The summed E-state index contributed by atoms with van der Waals surface area (Å²) in [5.74, 6) is 0.760. The van der Waals surface area contributed by atoms with Crippen LogP contribution in [-0.4, -0.2) is 31.2 Å². The van der Waals surface area contributed by atoms with E-state index in [0.717, 1.165) is 22.4 Å². The van der Waals surface area contributed by atoms with Crippen LogP contribution in [0.3, 0.4) is 0 Å². The number of anilines is 1. The van der Waals surface area contributed by atoms with E-state index in [4.69, 9.17) is 22.1 Å². The molecule has 148 valence electrons. The van der Waals surface area contributed by atoms with E-state index in [-0.39, 0.29) is 23.3 Å². The van der Waals surface area contributed by atoms with Gasteiger partial charge in [0.05, 0.1) is 19.3 Å². The summed E-state index contributed by atoms with van der Waals surface area (Å²) in [5.41, 5.74) is 9.95. The van der Waals surface area contributed by atoms with Crippen molar-refractivity contribution in [2.75, 3.05) is 12.8 Å². The molecule has 0 saturated carbocycles. The van der Waals surface area contributed by atoms with Crippen LogP contribution in [0.1, 0.15) is 30.7 Å². The van der Waals surface area contributed by atoms with Crippen LogP contribution in [0.2, 0.25) is 5.15 Å². The van der Waals surface area contributed by atoms with Gasteiger partial charge in [-0.3, -0.25) is 14.1 Å². The number of nitrogens with zero attached hydrogens (tertiary/aromatic N) is 5. The van der Waals surface area contributed by atoms with Crippen LogP contribution in [0.4, 0.5) is 5.95 Å². The van der Waals surface area contributed by atoms with Gasteiger partial charge >= 0.3 is 5.69 Å². The molecule has 3 rings (SSSR count). The summed E-state index contributed by atoms with van der Waals surface area (Å²) in [4.78, 5) is 25.9. The lowest BCUT2D eigenvalue weighted by Crippen LogP contribution is -2.25. The fourth-order valence-electron chi connectivity index (χ4n) is 3.15. The zero-order valence-electron chi connectivity index (χ0n) is 16.6. The third kappa shape index (κ3) is 3.47. The Kier molecular flexibility index (Phi) is 5.42. The standard InChI is InChI=1S/C19H23ClN6O2/c1-10(2)6-7-25-14-16(20)23-18(21)24-17(14)26(19(25)27)9-13-12(4)15(28-5)11(3)8-22-13/h6,8H,7,9H2,1-5H3,(H2,21,23,24). The molecule has 0 unspecified atom stereocenters. The Bertz CT molecular complexity index is 1140. The average Bonchev–Trinajstić information content (AvgIpc) is 2.88. The number of halogens is 1. The lowest BCUT2D eigenvalue weighted by molar-refractivity contribution is 0.406. The summed E-state index contributed by atoms with van der Waals surface area (Å²) in [7, 11) is 1.62. The van der Waals surface area contributed by atoms with Gasteiger partial charge in [0.25, 0.3) is 0 Å². The lowest BCUT2D eigenvalue weighted by Gasteiger charge is -2.12. The maximum atomic E-state index is 13.2. The Labute approximate surface area is 167 Å². The first-order valence-electron chi connectivity index (χ1n) is 8.79. The molecule has 0 aliphatic carbocycles. The molecular formula is C19H23ClN6O2. The second kappa shape index (κ2) is 7.63. The number of nitrogens with two attached hydrogens (primary N) is 1. The molecule has 8 nitrogen and oxygen atoms in total. The molecular weight excluding hydrogens is 380 g/mol. The number of rotatable bonds is 5. The van der Waals surface area contributed by atoms with E-state index in [2.05, 4.69) is 15.0 Å². The van der Waals surface area contributed by atoms with E-state index in [0.29, 0.717) is 23.4 Å². The van der Waals surface area contributed by atoms with Crippen LogP contribution < -0.4 is 16.2 Å². The van der Waals surface area contributed by atoms with Gasteiger partial charge in [-0.05, 0) is 27.7 Å². The van der Waals surface area contributed by atoms with Crippen LogP contribution >= 0.6 is 11.6 Å². The molecule has 9 heteroatoms. The normalized spacial score (nSPS) is 11.1. The van der Waals surface area contributed by atoms with Gasteiger partial charge in [0, 0.05) is 23.9 Å². The molecule has 0 aliphatic rings. The van der Waals surface area contributed by atoms with Gasteiger partial charge in [-0.1, -0.05) is 23.3 Å². The largest absolute Gasteiger partial charge is 0.496 e. The number of imidazole rings is 1. The van der Waals surface area contributed by atoms with Crippen LogP contribution in [0.25, 0.3) is 11.2 Å². The number of fused-ring (bicyclic) bond motifs is 1. The summed E-state index contributed by atoms with van der Waals surface area (Å²) in [6, 6.07) is 0. The summed E-state index contributed by atoms with van der Waals surface area (Å²) in [5, 5.41) is 0.145. The Morgan fingerprint density at radius 2 is 2.00 bits per heavy atom. The molecule has 3 heterocycles. The van der Waals surface area contributed by atoms with Crippen molar-refractivity contribution >= 4 is 28.7 Å². The van der Waals surface area contributed by atoms with E-state index in [9.17, 15) is 4.79 Å². The van der Waals surface area contributed by atoms with Crippen LogP contribution in [-0.2, 0) is 13.1 Å². The van der Waals surface area contributed by atoms with Crippen molar-refractivity contribution in [1.82, 2.24) is 24.1 Å². The van der Waals surface area contributed by atoms with Crippen molar-refractivity contribution in [2.24, 2.45) is 0 Å². The van der Waals surface area contributed by atoms with Crippen molar-refractivity contribution in [2.45, 2.75) is 40.8 Å². The monoisotopic (exact) mass is 402 g/mol. The first kappa shape index (κ1) is 19.9. The van der Waals surface area contributed by atoms with Crippen molar-refractivity contribution in [1.29, 1.82) is 0 Å². The Morgan fingerprint density at radius 3 is 2.64 bits per heavy atom. The molecule has 3 aromatic heterocycles. The highest BCUT2D eigenvalue weighted by Crippen LogP contribution is 2.26. The molecule has 0 fully saturated rings. The van der Waals surface area contributed by atoms with Gasteiger partial charge in [0.1, 0.15) is 11.3 Å². The molecule has 0 radical (unpaired) electrons. The minimum Gasteiger partial charge on any atom is -0.496 e. The zero-order valence-corrected chi connectivity index (χ0v) is 17.3. The summed E-state index contributed by atoms with van der Waals surface area (Å²) < 4.78 is 8.54. The summed E-state index contributed by atoms with van der Waals surface area (Å²) in [6.07, 6.45) is 3.67. The predicted molar refractivity (Wildman–Crippen MR) is 110 cm³/mol. The van der Waals surface area contributed by atoms with Crippen LogP contribution in [0, 0.1) is 13.8 Å². The maximum absolute atomic E-state index is 13.2. The highest BCUT2D eigenvalue weighted by Gasteiger charge is 2.20. The molecule has 0 saturated heterocycles. The van der Waals surface area contributed by atoms with Gasteiger partial charge in [0.2, 0.25) is 5.95 Å². The number of pyridine rings is 1. The minimum absolute atomic E-state index is 0.0109. The van der Waals surface area contributed by atoms with E-state index in [1.54, 1.807) is 17.9 Å². The third-order valence-corrected chi connectivity index (χ3v) is 4.83. The molecule has 28 heavy (non-hydrogen) atoms. The quantitative estimate of drug-likeness (QED) is 0.520. The first-order valence-corrected chi connectivity index (χ1v) is 9.16. The van der Waals surface area contributed by atoms with Crippen LogP contribution in [0.15, 0.2) is 22.6 Å². The SMILES string of the molecule is COc1c(C)cnc(Cn2c(=O)n(CC=C(C)C)c3c(Cl)nc(N)nc32)c1C. The average molecular weight is 403 g/mol. The molecule has 0 amide bonds. The van der Waals surface area contributed by atoms with E-state index in [1.165, 1.54) is 4.57 Å². The molecule has 0 bridgehead atoms. The van der Waals surface area contributed by atoms with Gasteiger partial charge in [-0.15, -0.1) is 0 Å². The fraction of sp³-hybridized carbons (Fsp3) is 0.368. The third-order valence-electron chi connectivity index (χ3n) is 4.57. The van der Waals surface area contributed by atoms with Crippen LogP contribution in [0.5, 0.6) is 5.75 Å². The molecule has 0 aromatic carbocycles. The molecule has 0 atom stereocenters. The van der Waals surface area contributed by atoms with Gasteiger partial charge in [-0.25, -0.2) is 4.79 Å². The molecule has 0 aliphatic heterocycles. The second-order valence-corrected chi connectivity index (χ2v) is 7.21. The minimum atomic E-state index is -0.255. The molecule has 3 aromatic rings. The number of hydrogen-bond acceptors (Lipinski definition) is 6. The van der Waals surface area contributed by atoms with Gasteiger partial charge in [-0.2, -0.15) is 9.97 Å². The first-order chi connectivity index (χ1) is 13.2. The smallest absolute Gasteiger partial charge is 0.331 e. The number of ether oxygens (including phenoxy) is 1. The Balaban J connectivity index is 2.23. The Hall–Kier alpha value is -2.87. The van der Waals surface area contributed by atoms with Crippen molar-refractivity contribution in [3.63, 3.8) is 0 Å². The zero-order chi connectivity index (χ0) is 20.6. The number of aromatic nitrogens is 5. The predicted octanol–water partition coefficient (Wildman–Crippen LogP) is 2.86. The number of aryl methyl sites for hydroxylation is 1. The van der Waals surface area contributed by atoms with E-state index in [1.807, 2.05) is 33.8 Å².